The third-order valence-electron chi connectivity index (χ3n) is 2.41. The molecule has 134 valence electrons. The standard InChI is InChI=1S/C5H12O4.C4H7NO4.C3H7O.Na/c6-1-5(2-7,3-8)4-9;6-3(7)1-5-2-4(8)9;1-2-3-4;/h6-9H,1-4H2;5H,1-2H2,(H,6,7)(H,8,9);4H,1-3H2;. The Hall–Kier alpha value is -0.300. The van der Waals surface area contributed by atoms with Crippen LogP contribution in [-0.4, -0.2) is 122 Å². The van der Waals surface area contributed by atoms with E-state index in [9.17, 15) is 9.59 Å². The van der Waals surface area contributed by atoms with E-state index in [0.717, 1.165) is 6.42 Å². The monoisotopic (exact) mass is 351 g/mol. The van der Waals surface area contributed by atoms with E-state index in [0.29, 0.717) is 6.61 Å². The Morgan fingerprint density at radius 1 is 0.826 bits per heavy atom. The summed E-state index contributed by atoms with van der Waals surface area (Å²) < 4.78 is 1.23. The number of nitrogens with one attached hydrogen (secondary N) is 1. The second-order valence-electron chi connectivity index (χ2n) is 4.60. The van der Waals surface area contributed by atoms with Crippen LogP contribution in [0.1, 0.15) is 6.42 Å². The van der Waals surface area contributed by atoms with Gasteiger partial charge in [0.05, 0.1) is 44.9 Å². The van der Waals surface area contributed by atoms with Crippen molar-refractivity contribution >= 4 is 39.9 Å². The first-order chi connectivity index (χ1) is 10.8. The first-order valence-electron chi connectivity index (χ1n) is 6.97. The molecule has 0 unspecified atom stereocenters. The van der Waals surface area contributed by atoms with Crippen LogP contribution < -0.4 is 5.32 Å². The van der Waals surface area contributed by atoms with E-state index < -0.39 is 43.8 Å². The maximum atomic E-state index is 9.73. The molecular weight excluding hydrogens is 325 g/mol. The first kappa shape index (κ1) is 27.5. The molecule has 11 heteroatoms. The predicted molar refractivity (Wildman–Crippen MR) is 81.2 cm³/mol. The molecule has 8 N–H and O–H groups in total. The van der Waals surface area contributed by atoms with Crippen LogP contribution in [0.5, 0.6) is 0 Å². The summed E-state index contributed by atoms with van der Waals surface area (Å²) in [6.07, 6.45) is 1.01. The number of hydrogen-bond donors (Lipinski definition) is 8. The van der Waals surface area contributed by atoms with Gasteiger partial charge in [0.1, 0.15) is 0 Å². The Balaban J connectivity index is -0.000000273. The van der Waals surface area contributed by atoms with Crippen molar-refractivity contribution in [1.82, 2.24) is 5.32 Å². The number of aliphatic hydroxyl groups is 5. The van der Waals surface area contributed by atoms with Crippen LogP contribution in [0.4, 0.5) is 0 Å². The Morgan fingerprint density at radius 2 is 1.17 bits per heavy atom. The number of carboxylic acids is 2. The van der Waals surface area contributed by atoms with Crippen molar-refractivity contribution < 1.29 is 45.3 Å². The fourth-order valence-corrected chi connectivity index (χ4v) is 1.05. The summed E-state index contributed by atoms with van der Waals surface area (Å²) in [5, 5.41) is 60.2. The second kappa shape index (κ2) is 19.7. The van der Waals surface area contributed by atoms with Crippen LogP contribution >= 0.6 is 0 Å². The fourth-order valence-electron chi connectivity index (χ4n) is 0.734. The van der Waals surface area contributed by atoms with Crippen LogP contribution in [0, 0.1) is 5.41 Å². The molecule has 0 atom stereocenters. The van der Waals surface area contributed by atoms with E-state index in [2.05, 4.69) is 5.32 Å². The molecule has 0 saturated heterocycles. The molecule has 0 saturated carbocycles. The van der Waals surface area contributed by atoms with Crippen LogP contribution in [0.15, 0.2) is 0 Å². The zero-order valence-electron chi connectivity index (χ0n) is 13.3. The van der Waals surface area contributed by atoms with Gasteiger partial charge in [0.25, 0.3) is 0 Å². The number of carboxylic acid groups (broad SMARTS) is 2. The Kier molecular flexibility index (Phi) is 23.6. The summed E-state index contributed by atoms with van der Waals surface area (Å²) in [4.78, 5) is 19.5. The molecule has 0 fully saturated rings. The molecule has 0 spiro atoms. The van der Waals surface area contributed by atoms with E-state index in [1.807, 2.05) is 0 Å². The number of aliphatic hydroxyl groups excluding tert-OH is 5. The van der Waals surface area contributed by atoms with Gasteiger partial charge in [-0.1, -0.05) is 0 Å². The van der Waals surface area contributed by atoms with E-state index in [4.69, 9.17) is 35.7 Å². The van der Waals surface area contributed by atoms with Gasteiger partial charge in [0.15, 0.2) is 0 Å². The van der Waals surface area contributed by atoms with E-state index in [-0.39, 0.29) is 13.1 Å². The van der Waals surface area contributed by atoms with Gasteiger partial charge in [0.2, 0.25) is 0 Å². The van der Waals surface area contributed by atoms with Gasteiger partial charge in [-0.3, -0.25) is 14.9 Å². The topological polar surface area (TPSA) is 188 Å². The molecule has 0 heterocycles. The molecule has 0 aliphatic rings. The summed E-state index contributed by atoms with van der Waals surface area (Å²) in [7, 11) is 0. The third-order valence-corrected chi connectivity index (χ3v) is 3.11. The maximum absolute atomic E-state index is 9.73. The molecule has 10 nitrogen and oxygen atoms in total. The van der Waals surface area contributed by atoms with Gasteiger partial charge < -0.3 is 30.6 Å². The molecule has 0 aliphatic heterocycles. The second-order valence-corrected chi connectivity index (χ2v) is 5.60. The van der Waals surface area contributed by atoms with Gasteiger partial charge in [-0.05, 0) is 0 Å². The molecule has 23 heavy (non-hydrogen) atoms. The molecular formula is C12H26NNaO9. The number of hydrogen-bond acceptors (Lipinski definition) is 8. The normalized spacial score (nSPS) is 10.0. The Morgan fingerprint density at radius 3 is 1.26 bits per heavy atom. The summed E-state index contributed by atoms with van der Waals surface area (Å²) in [5.74, 6) is -2.12. The van der Waals surface area contributed by atoms with Crippen LogP contribution in [0.2, 0.25) is 3.67 Å². The van der Waals surface area contributed by atoms with Crippen molar-refractivity contribution in [2.45, 2.75) is 10.1 Å². The predicted octanol–water partition coefficient (Wildman–Crippen LogP) is -3.36. The number of carbonyl (C=O) groups is 2. The van der Waals surface area contributed by atoms with Crippen LogP contribution in [0.25, 0.3) is 0 Å². The molecule has 0 amide bonds. The SMILES string of the molecule is O=C(O)CNCC(=O)O.OCC(CO)(CO)CO.OCC[CH2][Na]. The average molecular weight is 351 g/mol. The molecule has 0 bridgehead atoms. The summed E-state index contributed by atoms with van der Waals surface area (Å²) >= 11 is 1.24. The van der Waals surface area contributed by atoms with Crippen molar-refractivity contribution in [3.8, 4) is 0 Å². The van der Waals surface area contributed by atoms with Gasteiger partial charge in [-0.25, -0.2) is 0 Å². The molecule has 0 aromatic heterocycles. The van der Waals surface area contributed by atoms with Crippen LogP contribution in [0.3, 0.4) is 0 Å². The number of rotatable bonds is 10. The van der Waals surface area contributed by atoms with Crippen molar-refractivity contribution in [2.24, 2.45) is 5.41 Å². The van der Waals surface area contributed by atoms with Crippen molar-refractivity contribution in [3.05, 3.63) is 0 Å². The quantitative estimate of drug-likeness (QED) is 0.185. The molecule has 0 aliphatic carbocycles. The molecule has 0 aromatic rings. The summed E-state index contributed by atoms with van der Waals surface area (Å²) in [6, 6.07) is 0. The molecule has 0 radical (unpaired) electrons. The third kappa shape index (κ3) is 21.7. The Bertz CT molecular complexity index is 254. The summed E-state index contributed by atoms with van der Waals surface area (Å²) in [6.45, 7) is -1.87. The Labute approximate surface area is 152 Å². The van der Waals surface area contributed by atoms with Crippen molar-refractivity contribution in [1.29, 1.82) is 0 Å². The fraction of sp³-hybridized carbons (Fsp3) is 0.833. The zero-order chi connectivity index (χ0) is 18.7. The van der Waals surface area contributed by atoms with E-state index in [1.165, 1.54) is 31.6 Å². The van der Waals surface area contributed by atoms with Crippen molar-refractivity contribution in [3.63, 3.8) is 0 Å². The molecule has 0 rings (SSSR count). The summed E-state index contributed by atoms with van der Waals surface area (Å²) in [5.41, 5.74) is -1.11. The minimum absolute atomic E-state index is 0.313. The van der Waals surface area contributed by atoms with Crippen molar-refractivity contribution in [2.75, 3.05) is 46.1 Å². The van der Waals surface area contributed by atoms with Gasteiger partial charge in [-0.2, -0.15) is 0 Å². The number of aliphatic carboxylic acids is 2. The van der Waals surface area contributed by atoms with Gasteiger partial charge in [-0.15, -0.1) is 0 Å². The molecule has 0 aromatic carbocycles. The van der Waals surface area contributed by atoms with Gasteiger partial charge in [0, 0.05) is 0 Å². The van der Waals surface area contributed by atoms with E-state index in [1.54, 1.807) is 0 Å². The van der Waals surface area contributed by atoms with Gasteiger partial charge >= 0.3 is 61.7 Å². The average Bonchev–Trinajstić information content (AvgIpc) is 2.51. The van der Waals surface area contributed by atoms with E-state index >= 15 is 0 Å². The zero-order valence-corrected chi connectivity index (χ0v) is 15.3. The minimum atomic E-state index is -1.11. The van der Waals surface area contributed by atoms with Crippen LogP contribution in [-0.2, 0) is 9.59 Å². The first-order valence-corrected chi connectivity index (χ1v) is 8.39.